The number of hydrogen-bond donors (Lipinski definition) is 1. The molecule has 0 atom stereocenters. The SMILES string of the molecule is CCC(CC)n1cc(I)cc1C(=O)O. The lowest BCUT2D eigenvalue weighted by Crippen LogP contribution is -2.12. The quantitative estimate of drug-likeness (QED) is 0.868. The number of carboxylic acids is 1. The van der Waals surface area contributed by atoms with Crippen molar-refractivity contribution >= 4 is 28.6 Å². The topological polar surface area (TPSA) is 42.2 Å². The molecule has 0 saturated carbocycles. The van der Waals surface area contributed by atoms with Gasteiger partial charge in [-0.05, 0) is 41.5 Å². The second-order valence-corrected chi connectivity index (χ2v) is 4.47. The summed E-state index contributed by atoms with van der Waals surface area (Å²) in [7, 11) is 0. The van der Waals surface area contributed by atoms with Gasteiger partial charge in [-0.15, -0.1) is 0 Å². The predicted octanol–water partition coefficient (Wildman–Crippen LogP) is 3.15. The maximum Gasteiger partial charge on any atom is 0.352 e. The van der Waals surface area contributed by atoms with Gasteiger partial charge in [0.25, 0.3) is 0 Å². The van der Waals surface area contributed by atoms with E-state index < -0.39 is 5.97 Å². The van der Waals surface area contributed by atoms with Crippen LogP contribution in [0.5, 0.6) is 0 Å². The average Bonchev–Trinajstić information content (AvgIpc) is 2.50. The summed E-state index contributed by atoms with van der Waals surface area (Å²) in [6.07, 6.45) is 3.82. The lowest BCUT2D eigenvalue weighted by molar-refractivity contribution is 0.0682. The van der Waals surface area contributed by atoms with Crippen LogP contribution in [0.1, 0.15) is 43.2 Å². The Morgan fingerprint density at radius 2 is 2.14 bits per heavy atom. The van der Waals surface area contributed by atoms with Crippen molar-refractivity contribution in [3.63, 3.8) is 0 Å². The zero-order valence-electron chi connectivity index (χ0n) is 8.33. The molecule has 0 amide bonds. The van der Waals surface area contributed by atoms with E-state index in [1.54, 1.807) is 6.07 Å². The van der Waals surface area contributed by atoms with Gasteiger partial charge in [0.15, 0.2) is 0 Å². The van der Waals surface area contributed by atoms with Crippen LogP contribution in [0.3, 0.4) is 0 Å². The van der Waals surface area contributed by atoms with Crippen LogP contribution in [0.15, 0.2) is 12.3 Å². The number of aromatic carboxylic acids is 1. The molecule has 78 valence electrons. The van der Waals surface area contributed by atoms with E-state index in [2.05, 4.69) is 36.4 Å². The zero-order valence-corrected chi connectivity index (χ0v) is 10.5. The molecule has 0 fully saturated rings. The average molecular weight is 307 g/mol. The van der Waals surface area contributed by atoms with Crippen molar-refractivity contribution in [3.05, 3.63) is 21.5 Å². The Morgan fingerprint density at radius 3 is 2.57 bits per heavy atom. The zero-order chi connectivity index (χ0) is 10.7. The molecular formula is C10H14INO2. The van der Waals surface area contributed by atoms with E-state index in [9.17, 15) is 4.79 Å². The molecule has 1 aromatic heterocycles. The Kier molecular flexibility index (Phi) is 3.97. The first-order valence-electron chi connectivity index (χ1n) is 4.70. The summed E-state index contributed by atoms with van der Waals surface area (Å²) in [6.45, 7) is 4.15. The Balaban J connectivity index is 3.11. The number of carboxylic acid groups (broad SMARTS) is 1. The van der Waals surface area contributed by atoms with Gasteiger partial charge >= 0.3 is 5.97 Å². The van der Waals surface area contributed by atoms with E-state index in [0.29, 0.717) is 11.7 Å². The highest BCUT2D eigenvalue weighted by atomic mass is 127. The van der Waals surface area contributed by atoms with E-state index in [0.717, 1.165) is 16.4 Å². The van der Waals surface area contributed by atoms with Crippen LogP contribution in [0.25, 0.3) is 0 Å². The molecule has 1 N–H and O–H groups in total. The third-order valence-electron chi connectivity index (χ3n) is 2.37. The van der Waals surface area contributed by atoms with Gasteiger partial charge in [0.05, 0.1) is 0 Å². The highest BCUT2D eigenvalue weighted by molar-refractivity contribution is 14.1. The predicted molar refractivity (Wildman–Crippen MR) is 63.7 cm³/mol. The van der Waals surface area contributed by atoms with Crippen LogP contribution in [0.4, 0.5) is 0 Å². The smallest absolute Gasteiger partial charge is 0.352 e. The van der Waals surface area contributed by atoms with Crippen LogP contribution in [0.2, 0.25) is 0 Å². The van der Waals surface area contributed by atoms with Crippen molar-refractivity contribution < 1.29 is 9.90 Å². The van der Waals surface area contributed by atoms with E-state index >= 15 is 0 Å². The van der Waals surface area contributed by atoms with Gasteiger partial charge in [-0.1, -0.05) is 13.8 Å². The molecule has 0 aromatic carbocycles. The van der Waals surface area contributed by atoms with E-state index in [-0.39, 0.29) is 0 Å². The van der Waals surface area contributed by atoms with Crippen LogP contribution in [-0.2, 0) is 0 Å². The van der Waals surface area contributed by atoms with Gasteiger partial charge in [0, 0.05) is 15.8 Å². The summed E-state index contributed by atoms with van der Waals surface area (Å²) in [4.78, 5) is 10.9. The summed E-state index contributed by atoms with van der Waals surface area (Å²) >= 11 is 2.14. The van der Waals surface area contributed by atoms with Crippen LogP contribution in [0, 0.1) is 3.57 Å². The highest BCUT2D eigenvalue weighted by Gasteiger charge is 2.16. The monoisotopic (exact) mass is 307 g/mol. The molecule has 0 spiro atoms. The van der Waals surface area contributed by atoms with Gasteiger partial charge < -0.3 is 9.67 Å². The largest absolute Gasteiger partial charge is 0.477 e. The molecule has 1 rings (SSSR count). The highest BCUT2D eigenvalue weighted by Crippen LogP contribution is 2.21. The Labute approximate surface area is 97.3 Å². The summed E-state index contributed by atoms with van der Waals surface area (Å²) in [5.74, 6) is -0.847. The lowest BCUT2D eigenvalue weighted by atomic mass is 10.1. The van der Waals surface area contributed by atoms with E-state index in [1.807, 2.05) is 10.8 Å². The molecule has 4 heteroatoms. The molecule has 0 radical (unpaired) electrons. The standard InChI is InChI=1S/C10H14INO2/c1-3-8(4-2)12-6-7(11)5-9(12)10(13)14/h5-6,8H,3-4H2,1-2H3,(H,13,14). The lowest BCUT2D eigenvalue weighted by Gasteiger charge is -2.16. The van der Waals surface area contributed by atoms with E-state index in [1.165, 1.54) is 0 Å². The minimum Gasteiger partial charge on any atom is -0.477 e. The third-order valence-corrected chi connectivity index (χ3v) is 2.96. The van der Waals surface area contributed by atoms with Crippen molar-refractivity contribution in [1.82, 2.24) is 4.57 Å². The van der Waals surface area contributed by atoms with Gasteiger partial charge in [-0.25, -0.2) is 4.79 Å². The van der Waals surface area contributed by atoms with Crippen molar-refractivity contribution in [1.29, 1.82) is 0 Å². The third kappa shape index (κ3) is 2.29. The molecule has 0 aliphatic heterocycles. The van der Waals surface area contributed by atoms with Crippen LogP contribution in [-0.4, -0.2) is 15.6 Å². The fourth-order valence-electron chi connectivity index (χ4n) is 1.60. The molecular weight excluding hydrogens is 293 g/mol. The Morgan fingerprint density at radius 1 is 1.57 bits per heavy atom. The van der Waals surface area contributed by atoms with Crippen molar-refractivity contribution in [3.8, 4) is 0 Å². The van der Waals surface area contributed by atoms with Crippen molar-refractivity contribution in [2.24, 2.45) is 0 Å². The first-order chi connectivity index (χ1) is 6.60. The van der Waals surface area contributed by atoms with Gasteiger partial charge in [0.2, 0.25) is 0 Å². The molecule has 1 aromatic rings. The van der Waals surface area contributed by atoms with Gasteiger partial charge in [-0.3, -0.25) is 0 Å². The molecule has 0 saturated heterocycles. The first kappa shape index (κ1) is 11.6. The molecule has 0 aliphatic rings. The number of halogens is 1. The first-order valence-corrected chi connectivity index (χ1v) is 5.78. The second-order valence-electron chi connectivity index (χ2n) is 3.23. The summed E-state index contributed by atoms with van der Waals surface area (Å²) in [5, 5.41) is 8.99. The maximum atomic E-state index is 10.9. The molecule has 0 aliphatic carbocycles. The van der Waals surface area contributed by atoms with Crippen molar-refractivity contribution in [2.75, 3.05) is 0 Å². The fourth-order valence-corrected chi connectivity index (χ4v) is 2.20. The Hall–Kier alpha value is -0.520. The van der Waals surface area contributed by atoms with Gasteiger partial charge in [0.1, 0.15) is 5.69 Å². The fraction of sp³-hybridized carbons (Fsp3) is 0.500. The van der Waals surface area contributed by atoms with Gasteiger partial charge in [-0.2, -0.15) is 0 Å². The molecule has 3 nitrogen and oxygen atoms in total. The number of aromatic nitrogens is 1. The number of nitrogens with zero attached hydrogens (tertiary/aromatic N) is 1. The normalized spacial score (nSPS) is 10.9. The van der Waals surface area contributed by atoms with Crippen molar-refractivity contribution in [2.45, 2.75) is 32.7 Å². The summed E-state index contributed by atoms with van der Waals surface area (Å²) in [6, 6.07) is 2.01. The summed E-state index contributed by atoms with van der Waals surface area (Å²) < 4.78 is 2.84. The van der Waals surface area contributed by atoms with Crippen LogP contribution < -0.4 is 0 Å². The van der Waals surface area contributed by atoms with E-state index in [4.69, 9.17) is 5.11 Å². The Bertz CT molecular complexity index is 329. The minimum absolute atomic E-state index is 0.296. The van der Waals surface area contributed by atoms with Crippen LogP contribution >= 0.6 is 22.6 Å². The molecule has 1 heterocycles. The maximum absolute atomic E-state index is 10.9. The summed E-state index contributed by atoms with van der Waals surface area (Å²) in [5.41, 5.74) is 0.392. The minimum atomic E-state index is -0.847. The number of rotatable bonds is 4. The molecule has 0 bridgehead atoms. The molecule has 14 heavy (non-hydrogen) atoms. The molecule has 0 unspecified atom stereocenters. The number of hydrogen-bond acceptors (Lipinski definition) is 1. The number of carbonyl (C=O) groups is 1. The second kappa shape index (κ2) is 4.82.